The SMILES string of the molecule is Cc1cccc(C(=O)OCC(=O)c2c[nH]c3ccccc23)c1. The Morgan fingerprint density at radius 1 is 1.09 bits per heavy atom. The molecule has 0 bridgehead atoms. The highest BCUT2D eigenvalue weighted by molar-refractivity contribution is 6.09. The predicted octanol–water partition coefficient (Wildman–Crippen LogP) is 3.52. The van der Waals surface area contributed by atoms with Crippen LogP contribution < -0.4 is 0 Å². The number of carbonyl (C=O) groups is 2. The molecule has 0 saturated carbocycles. The topological polar surface area (TPSA) is 59.2 Å². The maximum atomic E-state index is 12.2. The molecule has 0 radical (unpaired) electrons. The second-order valence-corrected chi connectivity index (χ2v) is 5.12. The zero-order chi connectivity index (χ0) is 15.5. The van der Waals surface area contributed by atoms with Gasteiger partial charge in [0.25, 0.3) is 0 Å². The minimum absolute atomic E-state index is 0.224. The van der Waals surface area contributed by atoms with Crippen LogP contribution in [0, 0.1) is 6.92 Å². The second kappa shape index (κ2) is 5.85. The third-order valence-electron chi connectivity index (χ3n) is 3.48. The van der Waals surface area contributed by atoms with Crippen molar-refractivity contribution in [3.05, 3.63) is 71.4 Å². The number of hydrogen-bond donors (Lipinski definition) is 1. The van der Waals surface area contributed by atoms with E-state index < -0.39 is 5.97 Å². The molecule has 3 rings (SSSR count). The van der Waals surface area contributed by atoms with E-state index in [0.29, 0.717) is 11.1 Å². The molecule has 0 atom stereocenters. The van der Waals surface area contributed by atoms with Crippen LogP contribution in [0.15, 0.2) is 54.7 Å². The van der Waals surface area contributed by atoms with Crippen LogP contribution in [0.25, 0.3) is 10.9 Å². The molecule has 0 amide bonds. The number of esters is 1. The molecule has 4 nitrogen and oxygen atoms in total. The van der Waals surface area contributed by atoms with E-state index in [0.717, 1.165) is 16.5 Å². The van der Waals surface area contributed by atoms with Crippen molar-refractivity contribution < 1.29 is 14.3 Å². The fourth-order valence-corrected chi connectivity index (χ4v) is 2.37. The van der Waals surface area contributed by atoms with Gasteiger partial charge in [-0.15, -0.1) is 0 Å². The van der Waals surface area contributed by atoms with E-state index in [1.165, 1.54) is 0 Å². The van der Waals surface area contributed by atoms with Crippen molar-refractivity contribution in [2.45, 2.75) is 6.92 Å². The maximum Gasteiger partial charge on any atom is 0.338 e. The number of para-hydroxylation sites is 1. The third kappa shape index (κ3) is 2.76. The van der Waals surface area contributed by atoms with Crippen molar-refractivity contribution in [1.29, 1.82) is 0 Å². The Morgan fingerprint density at radius 2 is 1.91 bits per heavy atom. The smallest absolute Gasteiger partial charge is 0.338 e. The standard InChI is InChI=1S/C18H15NO3/c1-12-5-4-6-13(9-12)18(21)22-11-17(20)15-10-19-16-8-3-2-7-14(15)16/h2-10,19H,11H2,1H3. The molecule has 1 aromatic heterocycles. The Kier molecular flexibility index (Phi) is 3.74. The van der Waals surface area contributed by atoms with Crippen molar-refractivity contribution in [2.24, 2.45) is 0 Å². The van der Waals surface area contributed by atoms with Gasteiger partial charge in [0, 0.05) is 22.7 Å². The first-order chi connectivity index (χ1) is 10.6. The van der Waals surface area contributed by atoms with Crippen molar-refractivity contribution in [2.75, 3.05) is 6.61 Å². The molecule has 0 aliphatic rings. The number of hydrogen-bond acceptors (Lipinski definition) is 3. The molecule has 0 fully saturated rings. The molecule has 110 valence electrons. The monoisotopic (exact) mass is 293 g/mol. The van der Waals surface area contributed by atoms with Gasteiger partial charge in [0.15, 0.2) is 6.61 Å². The van der Waals surface area contributed by atoms with Crippen LogP contribution in [0.1, 0.15) is 26.3 Å². The summed E-state index contributed by atoms with van der Waals surface area (Å²) in [6.07, 6.45) is 1.65. The summed E-state index contributed by atoms with van der Waals surface area (Å²) in [5.41, 5.74) is 2.84. The number of aromatic nitrogens is 1. The lowest BCUT2D eigenvalue weighted by Gasteiger charge is -2.04. The van der Waals surface area contributed by atoms with E-state index in [9.17, 15) is 9.59 Å². The van der Waals surface area contributed by atoms with Gasteiger partial charge in [-0.1, -0.05) is 35.9 Å². The lowest BCUT2D eigenvalue weighted by atomic mass is 10.1. The summed E-state index contributed by atoms with van der Waals surface area (Å²) < 4.78 is 5.12. The summed E-state index contributed by atoms with van der Waals surface area (Å²) in [5.74, 6) is -0.713. The quantitative estimate of drug-likeness (QED) is 0.591. The lowest BCUT2D eigenvalue weighted by Crippen LogP contribution is -2.14. The highest BCUT2D eigenvalue weighted by Crippen LogP contribution is 2.18. The number of nitrogens with one attached hydrogen (secondary N) is 1. The molecule has 0 saturated heterocycles. The van der Waals surface area contributed by atoms with Crippen LogP contribution in [-0.4, -0.2) is 23.3 Å². The molecular weight excluding hydrogens is 278 g/mol. The van der Waals surface area contributed by atoms with Gasteiger partial charge in [-0.05, 0) is 25.1 Å². The summed E-state index contributed by atoms with van der Waals surface area (Å²) in [5, 5.41) is 0.833. The van der Waals surface area contributed by atoms with Crippen molar-refractivity contribution in [1.82, 2.24) is 4.98 Å². The average Bonchev–Trinajstić information content (AvgIpc) is 2.96. The van der Waals surface area contributed by atoms with Gasteiger partial charge in [-0.2, -0.15) is 0 Å². The molecule has 0 aliphatic heterocycles. The molecular formula is C18H15NO3. The average molecular weight is 293 g/mol. The number of Topliss-reactive ketones (excluding diaryl/α,β-unsaturated/α-hetero) is 1. The largest absolute Gasteiger partial charge is 0.454 e. The first kappa shape index (κ1) is 14.1. The van der Waals surface area contributed by atoms with Gasteiger partial charge in [0.1, 0.15) is 0 Å². The fourth-order valence-electron chi connectivity index (χ4n) is 2.37. The number of rotatable bonds is 4. The van der Waals surface area contributed by atoms with Gasteiger partial charge in [0.2, 0.25) is 5.78 Å². The Bertz CT molecular complexity index is 848. The molecule has 2 aromatic carbocycles. The van der Waals surface area contributed by atoms with Crippen molar-refractivity contribution in [3.63, 3.8) is 0 Å². The van der Waals surface area contributed by atoms with Crippen LogP contribution in [-0.2, 0) is 4.74 Å². The second-order valence-electron chi connectivity index (χ2n) is 5.12. The van der Waals surface area contributed by atoms with Crippen LogP contribution in [0.2, 0.25) is 0 Å². The predicted molar refractivity (Wildman–Crippen MR) is 84.1 cm³/mol. The van der Waals surface area contributed by atoms with Crippen molar-refractivity contribution >= 4 is 22.7 Å². The van der Waals surface area contributed by atoms with Crippen LogP contribution in [0.4, 0.5) is 0 Å². The van der Waals surface area contributed by atoms with E-state index in [1.54, 1.807) is 24.4 Å². The highest BCUT2D eigenvalue weighted by Gasteiger charge is 2.15. The Balaban J connectivity index is 1.71. The number of ketones is 1. The normalized spacial score (nSPS) is 10.6. The van der Waals surface area contributed by atoms with Gasteiger partial charge in [-0.25, -0.2) is 4.79 Å². The van der Waals surface area contributed by atoms with Crippen LogP contribution >= 0.6 is 0 Å². The van der Waals surface area contributed by atoms with Gasteiger partial charge < -0.3 is 9.72 Å². The number of fused-ring (bicyclic) bond motifs is 1. The van der Waals surface area contributed by atoms with Gasteiger partial charge in [0.05, 0.1) is 5.56 Å². The van der Waals surface area contributed by atoms with Crippen molar-refractivity contribution in [3.8, 4) is 0 Å². The Morgan fingerprint density at radius 3 is 2.73 bits per heavy atom. The van der Waals surface area contributed by atoms with Gasteiger partial charge >= 0.3 is 5.97 Å². The zero-order valence-electron chi connectivity index (χ0n) is 12.1. The molecule has 0 spiro atoms. The Labute approximate surface area is 127 Å². The zero-order valence-corrected chi connectivity index (χ0v) is 12.1. The molecule has 0 unspecified atom stereocenters. The third-order valence-corrected chi connectivity index (χ3v) is 3.48. The number of H-pyrrole nitrogens is 1. The molecule has 1 heterocycles. The molecule has 0 aliphatic carbocycles. The summed E-state index contributed by atoms with van der Waals surface area (Å²) in [6, 6.07) is 14.6. The van der Waals surface area contributed by atoms with E-state index in [2.05, 4.69) is 4.98 Å². The number of ether oxygens (including phenoxy) is 1. The van der Waals surface area contributed by atoms with Gasteiger partial charge in [-0.3, -0.25) is 4.79 Å². The summed E-state index contributed by atoms with van der Waals surface area (Å²) >= 11 is 0. The fraction of sp³-hybridized carbons (Fsp3) is 0.111. The van der Waals surface area contributed by atoms with Crippen LogP contribution in [0.3, 0.4) is 0 Å². The molecule has 22 heavy (non-hydrogen) atoms. The maximum absolute atomic E-state index is 12.2. The summed E-state index contributed by atoms with van der Waals surface area (Å²) in [4.78, 5) is 27.2. The summed E-state index contributed by atoms with van der Waals surface area (Å²) in [6.45, 7) is 1.63. The number of benzene rings is 2. The lowest BCUT2D eigenvalue weighted by molar-refractivity contribution is 0.0475. The number of carbonyl (C=O) groups excluding carboxylic acids is 2. The molecule has 4 heteroatoms. The highest BCUT2D eigenvalue weighted by atomic mass is 16.5. The molecule has 3 aromatic rings. The van der Waals surface area contributed by atoms with E-state index >= 15 is 0 Å². The minimum Gasteiger partial charge on any atom is -0.454 e. The van der Waals surface area contributed by atoms with E-state index in [-0.39, 0.29) is 12.4 Å². The Hall–Kier alpha value is -2.88. The molecule has 1 N–H and O–H groups in total. The number of aryl methyl sites for hydroxylation is 1. The van der Waals surface area contributed by atoms with E-state index in [1.807, 2.05) is 37.3 Å². The van der Waals surface area contributed by atoms with Crippen LogP contribution in [0.5, 0.6) is 0 Å². The first-order valence-corrected chi connectivity index (χ1v) is 6.98. The minimum atomic E-state index is -0.489. The van der Waals surface area contributed by atoms with E-state index in [4.69, 9.17) is 4.74 Å². The number of aromatic amines is 1. The first-order valence-electron chi connectivity index (χ1n) is 6.98. The summed E-state index contributed by atoms with van der Waals surface area (Å²) in [7, 11) is 0.